The first-order chi connectivity index (χ1) is 10.2. The fourth-order valence-electron chi connectivity index (χ4n) is 2.17. The average Bonchev–Trinajstić information content (AvgIpc) is 2.47. The number of ether oxygens (including phenoxy) is 2. The van der Waals surface area contributed by atoms with E-state index in [4.69, 9.17) is 9.47 Å². The van der Waals surface area contributed by atoms with E-state index < -0.39 is 6.16 Å². The van der Waals surface area contributed by atoms with Gasteiger partial charge in [0.1, 0.15) is 11.5 Å². The van der Waals surface area contributed by atoms with E-state index in [-0.39, 0.29) is 0 Å². The Labute approximate surface area is 122 Å². The van der Waals surface area contributed by atoms with Gasteiger partial charge in [0, 0.05) is 5.39 Å². The molecule has 0 bridgehead atoms. The molecule has 3 aromatic rings. The molecule has 0 heterocycles. The molecule has 3 nitrogen and oxygen atoms in total. The summed E-state index contributed by atoms with van der Waals surface area (Å²) in [4.78, 5) is 11.9. The van der Waals surface area contributed by atoms with Gasteiger partial charge in [-0.1, -0.05) is 48.5 Å². The Bertz CT molecular complexity index is 788. The Morgan fingerprint density at radius 1 is 0.857 bits per heavy atom. The third-order valence-corrected chi connectivity index (χ3v) is 3.13. The number of rotatable bonds is 2. The zero-order valence-corrected chi connectivity index (χ0v) is 11.6. The van der Waals surface area contributed by atoms with Crippen LogP contribution in [0.25, 0.3) is 10.8 Å². The largest absolute Gasteiger partial charge is 0.519 e. The smallest absolute Gasteiger partial charge is 0.395 e. The predicted molar refractivity (Wildman–Crippen MR) is 81.8 cm³/mol. The minimum absolute atomic E-state index is 0.472. The van der Waals surface area contributed by atoms with Gasteiger partial charge >= 0.3 is 6.16 Å². The van der Waals surface area contributed by atoms with E-state index in [2.05, 4.69) is 0 Å². The third-order valence-electron chi connectivity index (χ3n) is 3.13. The molecular formula is C18H14O3. The second-order valence-electron chi connectivity index (χ2n) is 4.75. The predicted octanol–water partition coefficient (Wildman–Crippen LogP) is 4.73. The van der Waals surface area contributed by atoms with Crippen molar-refractivity contribution in [3.63, 3.8) is 0 Å². The fraction of sp³-hybridized carbons (Fsp3) is 0.0556. The lowest BCUT2D eigenvalue weighted by atomic mass is 10.1. The Morgan fingerprint density at radius 3 is 2.48 bits per heavy atom. The van der Waals surface area contributed by atoms with Crippen molar-refractivity contribution in [3.8, 4) is 11.5 Å². The Morgan fingerprint density at radius 2 is 1.62 bits per heavy atom. The van der Waals surface area contributed by atoms with Crippen molar-refractivity contribution in [2.24, 2.45) is 0 Å². The van der Waals surface area contributed by atoms with Crippen LogP contribution >= 0.6 is 0 Å². The number of benzene rings is 3. The van der Waals surface area contributed by atoms with Gasteiger partial charge in [0.2, 0.25) is 0 Å². The van der Waals surface area contributed by atoms with Crippen LogP contribution in [0.2, 0.25) is 0 Å². The molecule has 0 N–H and O–H groups in total. The normalized spacial score (nSPS) is 10.3. The highest BCUT2D eigenvalue weighted by Gasteiger charge is 2.10. The van der Waals surface area contributed by atoms with Gasteiger partial charge in [0.05, 0.1) is 0 Å². The second-order valence-corrected chi connectivity index (χ2v) is 4.75. The quantitative estimate of drug-likeness (QED) is 0.502. The van der Waals surface area contributed by atoms with E-state index in [1.807, 2.05) is 55.5 Å². The van der Waals surface area contributed by atoms with Crippen molar-refractivity contribution in [1.82, 2.24) is 0 Å². The Kier molecular flexibility index (Phi) is 3.56. The number of hydrogen-bond donors (Lipinski definition) is 0. The van der Waals surface area contributed by atoms with Crippen LogP contribution < -0.4 is 9.47 Å². The zero-order chi connectivity index (χ0) is 14.7. The molecule has 0 atom stereocenters. The molecular weight excluding hydrogens is 264 g/mol. The van der Waals surface area contributed by atoms with Crippen molar-refractivity contribution in [1.29, 1.82) is 0 Å². The maximum absolute atomic E-state index is 11.9. The van der Waals surface area contributed by atoms with Gasteiger partial charge in [-0.25, -0.2) is 4.79 Å². The number of carbonyl (C=O) groups excluding carboxylic acids is 1. The summed E-state index contributed by atoms with van der Waals surface area (Å²) in [5.74, 6) is 0.964. The zero-order valence-electron chi connectivity index (χ0n) is 11.6. The first kappa shape index (κ1) is 13.2. The molecule has 104 valence electrons. The molecule has 0 unspecified atom stereocenters. The van der Waals surface area contributed by atoms with Gasteiger partial charge in [-0.15, -0.1) is 0 Å². The summed E-state index contributed by atoms with van der Waals surface area (Å²) in [5, 5.41) is 1.89. The Balaban J connectivity index is 1.80. The summed E-state index contributed by atoms with van der Waals surface area (Å²) >= 11 is 0. The molecule has 0 aliphatic rings. The number of hydrogen-bond acceptors (Lipinski definition) is 3. The first-order valence-corrected chi connectivity index (χ1v) is 6.66. The molecule has 21 heavy (non-hydrogen) atoms. The van der Waals surface area contributed by atoms with Gasteiger partial charge < -0.3 is 9.47 Å². The van der Waals surface area contributed by atoms with E-state index in [1.165, 1.54) is 0 Å². The van der Waals surface area contributed by atoms with E-state index in [1.54, 1.807) is 18.2 Å². The van der Waals surface area contributed by atoms with Gasteiger partial charge in [-0.2, -0.15) is 0 Å². The van der Waals surface area contributed by atoms with Crippen molar-refractivity contribution < 1.29 is 14.3 Å². The number of aryl methyl sites for hydroxylation is 1. The van der Waals surface area contributed by atoms with Crippen LogP contribution in [-0.2, 0) is 0 Å². The monoisotopic (exact) mass is 278 g/mol. The van der Waals surface area contributed by atoms with Gasteiger partial charge in [0.15, 0.2) is 0 Å². The van der Waals surface area contributed by atoms with Crippen LogP contribution in [0.15, 0.2) is 66.7 Å². The van der Waals surface area contributed by atoms with Crippen molar-refractivity contribution in [2.75, 3.05) is 0 Å². The molecule has 0 amide bonds. The molecule has 3 rings (SSSR count). The Hall–Kier alpha value is -2.81. The summed E-state index contributed by atoms with van der Waals surface area (Å²) in [6.07, 6.45) is -0.739. The lowest BCUT2D eigenvalue weighted by Gasteiger charge is -2.08. The van der Waals surface area contributed by atoms with Crippen LogP contribution in [0.5, 0.6) is 11.5 Å². The standard InChI is InChI=1S/C18H14O3/c1-13-6-4-9-15(12-13)20-18(19)21-17-11-5-8-14-7-2-3-10-16(14)17/h2-12H,1H3. The molecule has 0 radical (unpaired) electrons. The number of carbonyl (C=O) groups is 1. The minimum Gasteiger partial charge on any atom is -0.395 e. The topological polar surface area (TPSA) is 35.5 Å². The average molecular weight is 278 g/mol. The molecule has 3 heteroatoms. The summed E-state index contributed by atoms with van der Waals surface area (Å²) in [7, 11) is 0. The SMILES string of the molecule is Cc1cccc(OC(=O)Oc2cccc3ccccc23)c1. The lowest BCUT2D eigenvalue weighted by Crippen LogP contribution is -2.13. The van der Waals surface area contributed by atoms with Crippen molar-refractivity contribution in [3.05, 3.63) is 72.3 Å². The van der Waals surface area contributed by atoms with E-state index in [9.17, 15) is 4.79 Å². The third kappa shape index (κ3) is 3.03. The molecule has 0 saturated heterocycles. The van der Waals surface area contributed by atoms with E-state index in [0.29, 0.717) is 11.5 Å². The van der Waals surface area contributed by atoms with Crippen LogP contribution in [-0.4, -0.2) is 6.16 Å². The maximum Gasteiger partial charge on any atom is 0.519 e. The fourth-order valence-corrected chi connectivity index (χ4v) is 2.17. The molecule has 0 aromatic heterocycles. The van der Waals surface area contributed by atoms with Gasteiger partial charge in [-0.05, 0) is 36.1 Å². The summed E-state index contributed by atoms with van der Waals surface area (Å²) in [6.45, 7) is 1.93. The second kappa shape index (κ2) is 5.67. The molecule has 0 aliphatic carbocycles. The lowest BCUT2D eigenvalue weighted by molar-refractivity contribution is 0.152. The summed E-state index contributed by atoms with van der Waals surface area (Å²) in [5.41, 5.74) is 1.02. The maximum atomic E-state index is 11.9. The molecule has 3 aromatic carbocycles. The highest BCUT2D eigenvalue weighted by molar-refractivity contribution is 5.89. The molecule has 0 saturated carbocycles. The van der Waals surface area contributed by atoms with Crippen LogP contribution in [0.4, 0.5) is 4.79 Å². The van der Waals surface area contributed by atoms with E-state index >= 15 is 0 Å². The summed E-state index contributed by atoms with van der Waals surface area (Å²) < 4.78 is 10.5. The van der Waals surface area contributed by atoms with Gasteiger partial charge in [0.25, 0.3) is 0 Å². The van der Waals surface area contributed by atoms with Crippen LogP contribution in [0.1, 0.15) is 5.56 Å². The van der Waals surface area contributed by atoms with Crippen LogP contribution in [0.3, 0.4) is 0 Å². The molecule has 0 fully saturated rings. The molecule has 0 aliphatic heterocycles. The molecule has 0 spiro atoms. The number of fused-ring (bicyclic) bond motifs is 1. The highest BCUT2D eigenvalue weighted by Crippen LogP contribution is 2.25. The van der Waals surface area contributed by atoms with Gasteiger partial charge in [-0.3, -0.25) is 0 Å². The van der Waals surface area contributed by atoms with Crippen molar-refractivity contribution in [2.45, 2.75) is 6.92 Å². The first-order valence-electron chi connectivity index (χ1n) is 6.66. The van der Waals surface area contributed by atoms with Crippen LogP contribution in [0, 0.1) is 6.92 Å². The highest BCUT2D eigenvalue weighted by atomic mass is 16.7. The summed E-state index contributed by atoms with van der Waals surface area (Å²) in [6, 6.07) is 20.5. The van der Waals surface area contributed by atoms with Crippen molar-refractivity contribution >= 4 is 16.9 Å². The van der Waals surface area contributed by atoms with E-state index in [0.717, 1.165) is 16.3 Å². The minimum atomic E-state index is -0.739.